The Morgan fingerprint density at radius 1 is 1.26 bits per heavy atom. The fourth-order valence-corrected chi connectivity index (χ4v) is 2.41. The van der Waals surface area contributed by atoms with Crippen molar-refractivity contribution in [3.8, 4) is 0 Å². The van der Waals surface area contributed by atoms with Crippen LogP contribution in [0.3, 0.4) is 0 Å². The Morgan fingerprint density at radius 2 is 2.00 bits per heavy atom. The predicted molar refractivity (Wildman–Crippen MR) is 98.4 cm³/mol. The summed E-state index contributed by atoms with van der Waals surface area (Å²) in [6, 6.07) is 7.26. The number of aromatic nitrogens is 4. The largest absolute Gasteiger partial charge is 0.464 e. The number of esters is 1. The number of ether oxygens (including phenoxy) is 1. The second-order valence-corrected chi connectivity index (χ2v) is 6.00. The smallest absolute Gasteiger partial charge is 0.358 e. The summed E-state index contributed by atoms with van der Waals surface area (Å²) in [5, 5.41) is 4.50. The first-order valence-corrected chi connectivity index (χ1v) is 8.26. The zero-order valence-corrected chi connectivity index (χ0v) is 15.3. The summed E-state index contributed by atoms with van der Waals surface area (Å²) in [6.45, 7) is 1.52. The number of hydrogen-bond acceptors (Lipinski definition) is 7. The van der Waals surface area contributed by atoms with E-state index < -0.39 is 5.97 Å². The van der Waals surface area contributed by atoms with Crippen molar-refractivity contribution in [3.63, 3.8) is 0 Å². The summed E-state index contributed by atoms with van der Waals surface area (Å²) >= 11 is 5.85. The molecular formula is C18H15ClN4O4. The Balaban J connectivity index is 1.79. The lowest BCUT2D eigenvalue weighted by molar-refractivity contribution is 0.0592. The van der Waals surface area contributed by atoms with Gasteiger partial charge in [-0.15, -0.1) is 0 Å². The first kappa shape index (κ1) is 18.5. The number of halogens is 1. The van der Waals surface area contributed by atoms with Gasteiger partial charge < -0.3 is 13.8 Å². The molecule has 138 valence electrons. The quantitative estimate of drug-likeness (QED) is 0.621. The minimum absolute atomic E-state index is 0.00791. The van der Waals surface area contributed by atoms with E-state index in [1.165, 1.54) is 24.8 Å². The lowest BCUT2D eigenvalue weighted by Gasteiger charge is -2.06. The first-order valence-electron chi connectivity index (χ1n) is 7.89. The van der Waals surface area contributed by atoms with E-state index in [9.17, 15) is 9.59 Å². The molecule has 1 aromatic carbocycles. The average Bonchev–Trinajstić information content (AvgIpc) is 3.11. The summed E-state index contributed by atoms with van der Waals surface area (Å²) in [5.41, 5.74) is 0.755. The molecule has 0 aliphatic heterocycles. The maximum Gasteiger partial charge on any atom is 0.358 e. The highest BCUT2D eigenvalue weighted by atomic mass is 35.5. The third-order valence-electron chi connectivity index (χ3n) is 3.62. The maximum atomic E-state index is 12.2. The van der Waals surface area contributed by atoms with Crippen LogP contribution in [0.2, 0.25) is 5.02 Å². The van der Waals surface area contributed by atoms with Crippen molar-refractivity contribution in [2.45, 2.75) is 13.5 Å². The normalized spacial score (nSPS) is 11.1. The summed E-state index contributed by atoms with van der Waals surface area (Å²) in [7, 11) is 1.24. The van der Waals surface area contributed by atoms with Crippen LogP contribution in [0.15, 0.2) is 39.8 Å². The number of carbonyl (C=O) groups is 1. The summed E-state index contributed by atoms with van der Waals surface area (Å²) < 4.78 is 11.1. The van der Waals surface area contributed by atoms with Gasteiger partial charge in [0, 0.05) is 11.2 Å². The monoisotopic (exact) mass is 386 g/mol. The van der Waals surface area contributed by atoms with Crippen LogP contribution in [0.25, 0.3) is 12.2 Å². The number of carbonyl (C=O) groups excluding carboxylic acids is 1. The van der Waals surface area contributed by atoms with Gasteiger partial charge in [-0.1, -0.05) is 35.0 Å². The molecule has 8 nitrogen and oxygen atoms in total. The summed E-state index contributed by atoms with van der Waals surface area (Å²) in [4.78, 5) is 32.0. The molecule has 0 radical (unpaired) electrons. The average molecular weight is 387 g/mol. The molecule has 0 saturated carbocycles. The van der Waals surface area contributed by atoms with Crippen LogP contribution in [0.4, 0.5) is 0 Å². The van der Waals surface area contributed by atoms with Crippen molar-refractivity contribution in [1.29, 1.82) is 0 Å². The SMILES string of the molecule is COC(=O)c1cn(Cc2nc(/C=C/c3ccc(Cl)cc3)no2)c(=O)c(C)n1. The van der Waals surface area contributed by atoms with E-state index in [-0.39, 0.29) is 29.4 Å². The number of hydrogen-bond donors (Lipinski definition) is 0. The molecule has 2 aromatic heterocycles. The Hall–Kier alpha value is -3.26. The summed E-state index contributed by atoms with van der Waals surface area (Å²) in [5.74, 6) is -0.0646. The van der Waals surface area contributed by atoms with E-state index in [2.05, 4.69) is 19.9 Å². The van der Waals surface area contributed by atoms with Gasteiger partial charge in [0.1, 0.15) is 12.2 Å². The number of methoxy groups -OCH3 is 1. The van der Waals surface area contributed by atoms with E-state index in [4.69, 9.17) is 16.1 Å². The molecule has 0 N–H and O–H groups in total. The Kier molecular flexibility index (Phi) is 5.46. The molecule has 2 heterocycles. The third-order valence-corrected chi connectivity index (χ3v) is 3.87. The lowest BCUT2D eigenvalue weighted by atomic mass is 10.2. The van der Waals surface area contributed by atoms with E-state index >= 15 is 0 Å². The lowest BCUT2D eigenvalue weighted by Crippen LogP contribution is -2.26. The molecule has 0 atom stereocenters. The number of rotatable bonds is 5. The third kappa shape index (κ3) is 4.48. The predicted octanol–water partition coefficient (Wildman–Crippen LogP) is 2.59. The van der Waals surface area contributed by atoms with Gasteiger partial charge in [-0.25, -0.2) is 9.78 Å². The second-order valence-electron chi connectivity index (χ2n) is 5.57. The van der Waals surface area contributed by atoms with E-state index in [0.717, 1.165) is 5.56 Å². The molecule has 0 amide bonds. The van der Waals surface area contributed by atoms with E-state index in [1.54, 1.807) is 18.2 Å². The van der Waals surface area contributed by atoms with Gasteiger partial charge >= 0.3 is 5.97 Å². The van der Waals surface area contributed by atoms with Crippen LogP contribution in [-0.2, 0) is 11.3 Å². The Morgan fingerprint density at radius 3 is 2.70 bits per heavy atom. The molecule has 3 rings (SSSR count). The van der Waals surface area contributed by atoms with Crippen molar-refractivity contribution in [2.24, 2.45) is 0 Å². The number of aryl methyl sites for hydroxylation is 1. The van der Waals surface area contributed by atoms with Crippen LogP contribution in [0.5, 0.6) is 0 Å². The molecular weight excluding hydrogens is 372 g/mol. The minimum atomic E-state index is -0.635. The highest BCUT2D eigenvalue weighted by Crippen LogP contribution is 2.12. The zero-order valence-electron chi connectivity index (χ0n) is 14.5. The van der Waals surface area contributed by atoms with Gasteiger partial charge in [0.25, 0.3) is 5.56 Å². The highest BCUT2D eigenvalue weighted by molar-refractivity contribution is 6.30. The zero-order chi connectivity index (χ0) is 19.4. The van der Waals surface area contributed by atoms with Crippen LogP contribution in [0.1, 0.15) is 33.5 Å². The number of benzene rings is 1. The molecule has 0 aliphatic carbocycles. The standard InChI is InChI=1S/C18H15ClN4O4/c1-11-17(24)23(9-14(20-11)18(25)26-2)10-16-21-15(22-27-16)8-5-12-3-6-13(19)7-4-12/h3-9H,10H2,1-2H3/b8-5+. The van der Waals surface area contributed by atoms with Crippen LogP contribution in [0, 0.1) is 6.92 Å². The van der Waals surface area contributed by atoms with E-state index in [0.29, 0.717) is 10.8 Å². The maximum absolute atomic E-state index is 12.2. The van der Waals surface area contributed by atoms with Crippen LogP contribution < -0.4 is 5.56 Å². The van der Waals surface area contributed by atoms with Gasteiger partial charge in [-0.2, -0.15) is 4.98 Å². The highest BCUT2D eigenvalue weighted by Gasteiger charge is 2.14. The van der Waals surface area contributed by atoms with Crippen molar-refractivity contribution in [3.05, 3.63) is 74.5 Å². The van der Waals surface area contributed by atoms with Crippen LogP contribution in [-0.4, -0.2) is 32.8 Å². The Bertz CT molecular complexity index is 1050. The molecule has 0 fully saturated rings. The minimum Gasteiger partial charge on any atom is -0.464 e. The van der Waals surface area contributed by atoms with Gasteiger partial charge in [0.15, 0.2) is 11.5 Å². The molecule has 0 bridgehead atoms. The molecule has 0 unspecified atom stereocenters. The van der Waals surface area contributed by atoms with Crippen molar-refractivity contribution >= 4 is 29.7 Å². The van der Waals surface area contributed by atoms with Crippen molar-refractivity contribution in [2.75, 3.05) is 7.11 Å². The Labute approximate surface area is 159 Å². The molecule has 0 aliphatic rings. The number of nitrogens with zero attached hydrogens (tertiary/aromatic N) is 4. The molecule has 9 heteroatoms. The fourth-order valence-electron chi connectivity index (χ4n) is 2.28. The fraction of sp³-hybridized carbons (Fsp3) is 0.167. The van der Waals surface area contributed by atoms with Gasteiger partial charge in [0.05, 0.1) is 7.11 Å². The molecule has 0 spiro atoms. The van der Waals surface area contributed by atoms with Crippen LogP contribution >= 0.6 is 11.6 Å². The summed E-state index contributed by atoms with van der Waals surface area (Å²) in [6.07, 6.45) is 4.79. The topological polar surface area (TPSA) is 100 Å². The first-order chi connectivity index (χ1) is 13.0. The van der Waals surface area contributed by atoms with Crippen molar-refractivity contribution < 1.29 is 14.1 Å². The second kappa shape index (κ2) is 7.96. The molecule has 3 aromatic rings. The van der Waals surface area contributed by atoms with Gasteiger partial charge in [0.2, 0.25) is 5.89 Å². The van der Waals surface area contributed by atoms with Gasteiger partial charge in [-0.3, -0.25) is 4.79 Å². The van der Waals surface area contributed by atoms with Crippen molar-refractivity contribution in [1.82, 2.24) is 19.7 Å². The van der Waals surface area contributed by atoms with Gasteiger partial charge in [-0.05, 0) is 30.7 Å². The molecule has 27 heavy (non-hydrogen) atoms. The van der Waals surface area contributed by atoms with E-state index in [1.807, 2.05) is 18.2 Å². The molecule has 0 saturated heterocycles.